The fourth-order valence-corrected chi connectivity index (χ4v) is 3.06. The molecular weight excluding hydrogens is 340 g/mol. The van der Waals surface area contributed by atoms with Crippen LogP contribution in [0.4, 0.5) is 0 Å². The van der Waals surface area contributed by atoms with Crippen molar-refractivity contribution in [3.05, 3.63) is 65.2 Å². The fourth-order valence-electron chi connectivity index (χ4n) is 3.06. The van der Waals surface area contributed by atoms with Crippen LogP contribution in [-0.2, 0) is 16.0 Å². The molecule has 4 N–H and O–H groups in total. The summed E-state index contributed by atoms with van der Waals surface area (Å²) in [6.07, 6.45) is 4.90. The van der Waals surface area contributed by atoms with E-state index in [9.17, 15) is 4.79 Å². The summed E-state index contributed by atoms with van der Waals surface area (Å²) >= 11 is 0. The van der Waals surface area contributed by atoms with Gasteiger partial charge in [0.25, 0.3) is 0 Å². The van der Waals surface area contributed by atoms with Crippen molar-refractivity contribution in [2.75, 3.05) is 19.8 Å². The Kier molecular flexibility index (Phi) is 6.63. The summed E-state index contributed by atoms with van der Waals surface area (Å²) in [4.78, 5) is 11.4. The van der Waals surface area contributed by atoms with Gasteiger partial charge in [-0.05, 0) is 47.2 Å². The highest BCUT2D eigenvalue weighted by molar-refractivity contribution is 5.84. The van der Waals surface area contributed by atoms with Crippen LogP contribution in [0.5, 0.6) is 5.75 Å². The van der Waals surface area contributed by atoms with Crippen LogP contribution in [0.3, 0.4) is 0 Å². The van der Waals surface area contributed by atoms with Crippen molar-refractivity contribution in [2.24, 2.45) is 11.5 Å². The number of fused-ring (bicyclic) bond motifs is 1. The standard InChI is InChI=1S/C22H26N2O3/c23-15-21(24)22(25)27-12-4-11-26-20-10-9-18-13-17(7-8-19(18)14-20)16-5-2-1-3-6-16/h1-3,5-6,9-10,13-14,21H,4,7-8,11-12,15,23-24H2. The van der Waals surface area contributed by atoms with Gasteiger partial charge in [-0.3, -0.25) is 4.79 Å². The first kappa shape index (κ1) is 19.1. The molecule has 0 saturated heterocycles. The second kappa shape index (κ2) is 9.35. The number of esters is 1. The molecule has 2 aromatic carbocycles. The van der Waals surface area contributed by atoms with Gasteiger partial charge in [0.15, 0.2) is 0 Å². The predicted octanol–water partition coefficient (Wildman–Crippen LogP) is 2.77. The van der Waals surface area contributed by atoms with Crippen LogP contribution < -0.4 is 16.2 Å². The molecule has 2 aromatic rings. The number of rotatable bonds is 8. The molecule has 0 radical (unpaired) electrons. The molecule has 0 amide bonds. The van der Waals surface area contributed by atoms with E-state index in [0.717, 1.165) is 18.6 Å². The Balaban J connectivity index is 1.51. The zero-order chi connectivity index (χ0) is 19.1. The van der Waals surface area contributed by atoms with Crippen molar-refractivity contribution in [2.45, 2.75) is 25.3 Å². The summed E-state index contributed by atoms with van der Waals surface area (Å²) in [5.41, 5.74) is 16.0. The Morgan fingerprint density at radius 2 is 1.89 bits per heavy atom. The second-order valence-corrected chi connectivity index (χ2v) is 6.61. The van der Waals surface area contributed by atoms with Crippen LogP contribution >= 0.6 is 0 Å². The minimum Gasteiger partial charge on any atom is -0.493 e. The third-order valence-corrected chi connectivity index (χ3v) is 4.61. The van der Waals surface area contributed by atoms with Crippen LogP contribution in [0.15, 0.2) is 48.5 Å². The van der Waals surface area contributed by atoms with E-state index in [1.54, 1.807) is 0 Å². The van der Waals surface area contributed by atoms with E-state index in [1.807, 2.05) is 12.1 Å². The van der Waals surface area contributed by atoms with Gasteiger partial charge in [-0.2, -0.15) is 0 Å². The van der Waals surface area contributed by atoms with Crippen molar-refractivity contribution in [1.82, 2.24) is 0 Å². The van der Waals surface area contributed by atoms with Crippen molar-refractivity contribution in [3.8, 4) is 5.75 Å². The number of ether oxygens (including phenoxy) is 2. The topological polar surface area (TPSA) is 87.6 Å². The molecule has 0 aliphatic heterocycles. The first-order chi connectivity index (χ1) is 13.2. The molecule has 0 aromatic heterocycles. The first-order valence-electron chi connectivity index (χ1n) is 9.31. The van der Waals surface area contributed by atoms with Crippen LogP contribution in [0, 0.1) is 0 Å². The molecule has 27 heavy (non-hydrogen) atoms. The molecule has 0 bridgehead atoms. The maximum absolute atomic E-state index is 11.4. The van der Waals surface area contributed by atoms with Gasteiger partial charge in [0.2, 0.25) is 0 Å². The second-order valence-electron chi connectivity index (χ2n) is 6.61. The van der Waals surface area contributed by atoms with Crippen LogP contribution in [0.25, 0.3) is 11.6 Å². The van der Waals surface area contributed by atoms with E-state index in [4.69, 9.17) is 20.9 Å². The summed E-state index contributed by atoms with van der Waals surface area (Å²) in [5, 5.41) is 0. The van der Waals surface area contributed by atoms with Gasteiger partial charge in [-0.15, -0.1) is 0 Å². The molecular formula is C22H26N2O3. The lowest BCUT2D eigenvalue weighted by Crippen LogP contribution is -2.39. The highest BCUT2D eigenvalue weighted by Crippen LogP contribution is 2.32. The van der Waals surface area contributed by atoms with Gasteiger partial charge in [-0.25, -0.2) is 0 Å². The maximum Gasteiger partial charge on any atom is 0.324 e. The van der Waals surface area contributed by atoms with E-state index in [2.05, 4.69) is 42.5 Å². The van der Waals surface area contributed by atoms with Gasteiger partial charge >= 0.3 is 5.97 Å². The number of hydrogen-bond acceptors (Lipinski definition) is 5. The minimum absolute atomic E-state index is 0.0882. The summed E-state index contributed by atoms with van der Waals surface area (Å²) in [7, 11) is 0. The molecule has 1 aliphatic carbocycles. The molecule has 0 heterocycles. The summed E-state index contributed by atoms with van der Waals surface area (Å²) < 4.78 is 10.8. The van der Waals surface area contributed by atoms with Gasteiger partial charge in [0.05, 0.1) is 13.2 Å². The molecule has 1 unspecified atom stereocenters. The third kappa shape index (κ3) is 5.18. The summed E-state index contributed by atoms with van der Waals surface area (Å²) in [6, 6.07) is 15.9. The molecule has 3 rings (SSSR count). The zero-order valence-electron chi connectivity index (χ0n) is 15.4. The summed E-state index contributed by atoms with van der Waals surface area (Å²) in [5.74, 6) is 0.377. The molecule has 5 heteroatoms. The van der Waals surface area contributed by atoms with Crippen molar-refractivity contribution < 1.29 is 14.3 Å². The van der Waals surface area contributed by atoms with Gasteiger partial charge in [0, 0.05) is 13.0 Å². The fraction of sp³-hybridized carbons (Fsp3) is 0.318. The third-order valence-electron chi connectivity index (χ3n) is 4.61. The normalized spacial score (nSPS) is 14.1. The number of carbonyl (C=O) groups excluding carboxylic acids is 1. The van der Waals surface area contributed by atoms with Crippen molar-refractivity contribution in [3.63, 3.8) is 0 Å². The molecule has 0 fully saturated rings. The molecule has 1 atom stereocenters. The lowest BCUT2D eigenvalue weighted by molar-refractivity contribution is -0.145. The van der Waals surface area contributed by atoms with E-state index >= 15 is 0 Å². The van der Waals surface area contributed by atoms with Crippen molar-refractivity contribution in [1.29, 1.82) is 0 Å². The average molecular weight is 366 g/mol. The number of nitrogens with two attached hydrogens (primary N) is 2. The first-order valence-corrected chi connectivity index (χ1v) is 9.31. The number of hydrogen-bond donors (Lipinski definition) is 2. The Hall–Kier alpha value is -2.63. The van der Waals surface area contributed by atoms with E-state index in [1.165, 1.54) is 22.3 Å². The average Bonchev–Trinajstić information content (AvgIpc) is 2.72. The van der Waals surface area contributed by atoms with Crippen molar-refractivity contribution >= 4 is 17.6 Å². The lowest BCUT2D eigenvalue weighted by Gasteiger charge is -2.18. The Bertz CT molecular complexity index is 802. The highest BCUT2D eigenvalue weighted by Gasteiger charge is 2.13. The zero-order valence-corrected chi connectivity index (χ0v) is 15.4. The highest BCUT2D eigenvalue weighted by atomic mass is 16.5. The SMILES string of the molecule is NCC(N)C(=O)OCCCOc1ccc2c(c1)CCC(c1ccccc1)=C2. The summed E-state index contributed by atoms with van der Waals surface area (Å²) in [6.45, 7) is 0.848. The van der Waals surface area contributed by atoms with Gasteiger partial charge in [0.1, 0.15) is 11.8 Å². The molecule has 5 nitrogen and oxygen atoms in total. The molecule has 142 valence electrons. The Morgan fingerprint density at radius 3 is 2.67 bits per heavy atom. The number of aryl methyl sites for hydroxylation is 1. The Morgan fingerprint density at radius 1 is 1.07 bits per heavy atom. The number of benzene rings is 2. The molecule has 1 aliphatic rings. The smallest absolute Gasteiger partial charge is 0.324 e. The molecule has 0 saturated carbocycles. The monoisotopic (exact) mass is 366 g/mol. The van der Waals surface area contributed by atoms with Crippen LogP contribution in [-0.4, -0.2) is 31.8 Å². The van der Waals surface area contributed by atoms with Gasteiger partial charge < -0.3 is 20.9 Å². The number of carbonyl (C=O) groups is 1. The van der Waals surface area contributed by atoms with E-state index in [-0.39, 0.29) is 13.2 Å². The van der Waals surface area contributed by atoms with Gasteiger partial charge in [-0.1, -0.05) is 42.5 Å². The number of allylic oxidation sites excluding steroid dienone is 1. The molecule has 0 spiro atoms. The van der Waals surface area contributed by atoms with Crippen LogP contribution in [0.2, 0.25) is 0 Å². The Labute approximate surface area is 160 Å². The van der Waals surface area contributed by atoms with E-state index in [0.29, 0.717) is 13.0 Å². The maximum atomic E-state index is 11.4. The van der Waals surface area contributed by atoms with Crippen LogP contribution in [0.1, 0.15) is 29.5 Å². The largest absolute Gasteiger partial charge is 0.493 e. The quantitative estimate of drug-likeness (QED) is 0.554. The minimum atomic E-state index is -0.750. The predicted molar refractivity (Wildman–Crippen MR) is 107 cm³/mol. The van der Waals surface area contributed by atoms with E-state index < -0.39 is 12.0 Å². The lowest BCUT2D eigenvalue weighted by atomic mass is 9.88.